The molecule has 0 bridgehead atoms. The molecule has 0 aliphatic carbocycles. The van der Waals surface area contributed by atoms with Gasteiger partial charge in [-0.15, -0.1) is 24.8 Å². The number of halogens is 2. The second kappa shape index (κ2) is 9.00. The van der Waals surface area contributed by atoms with Gasteiger partial charge in [-0.2, -0.15) is 5.10 Å². The standard InChI is InChI=1S/C17H11N5O.2ClH.H2O/c23-16(14-3-1-2-7-19-14)13-11-21-22-15(6-10-20-17(13)22)12-4-8-18-9-5-12;;;/h1-11H;2*1H;1H2. The molecule has 0 amide bonds. The van der Waals surface area contributed by atoms with E-state index in [0.29, 0.717) is 16.9 Å². The van der Waals surface area contributed by atoms with Crippen molar-refractivity contribution >= 4 is 36.2 Å². The van der Waals surface area contributed by atoms with Crippen molar-refractivity contribution in [3.05, 3.63) is 78.6 Å². The van der Waals surface area contributed by atoms with E-state index >= 15 is 0 Å². The lowest BCUT2D eigenvalue weighted by Crippen LogP contribution is -2.04. The summed E-state index contributed by atoms with van der Waals surface area (Å²) in [5.74, 6) is -0.194. The Morgan fingerprint density at radius 2 is 1.65 bits per heavy atom. The number of fused-ring (bicyclic) bond motifs is 1. The highest BCUT2D eigenvalue weighted by Crippen LogP contribution is 2.21. The first-order chi connectivity index (χ1) is 11.3. The molecule has 0 spiro atoms. The third-order valence-corrected chi connectivity index (χ3v) is 3.52. The smallest absolute Gasteiger partial charge is 0.216 e. The first-order valence-corrected chi connectivity index (χ1v) is 7.03. The number of pyridine rings is 2. The lowest BCUT2D eigenvalue weighted by Gasteiger charge is -2.04. The van der Waals surface area contributed by atoms with E-state index in [2.05, 4.69) is 20.1 Å². The number of rotatable bonds is 3. The SMILES string of the molecule is Cl.Cl.O.O=C(c1ccccn1)c1cnn2c(-c3ccncc3)ccnc12. The van der Waals surface area contributed by atoms with E-state index in [9.17, 15) is 4.79 Å². The van der Waals surface area contributed by atoms with Gasteiger partial charge in [-0.05, 0) is 30.3 Å². The van der Waals surface area contributed by atoms with Gasteiger partial charge in [-0.3, -0.25) is 14.8 Å². The summed E-state index contributed by atoms with van der Waals surface area (Å²) >= 11 is 0. The molecule has 2 N–H and O–H groups in total. The van der Waals surface area contributed by atoms with E-state index in [1.807, 2.05) is 18.2 Å². The fourth-order valence-corrected chi connectivity index (χ4v) is 2.43. The molecule has 0 saturated heterocycles. The van der Waals surface area contributed by atoms with E-state index in [0.717, 1.165) is 11.3 Å². The van der Waals surface area contributed by atoms with Crippen molar-refractivity contribution in [1.29, 1.82) is 0 Å². The molecule has 0 atom stereocenters. The summed E-state index contributed by atoms with van der Waals surface area (Å²) in [5.41, 5.74) is 3.11. The van der Waals surface area contributed by atoms with Crippen LogP contribution in [0.1, 0.15) is 16.1 Å². The van der Waals surface area contributed by atoms with Crippen LogP contribution in [0.5, 0.6) is 0 Å². The van der Waals surface area contributed by atoms with Crippen LogP contribution in [0.15, 0.2) is 67.4 Å². The van der Waals surface area contributed by atoms with E-state index in [4.69, 9.17) is 0 Å². The van der Waals surface area contributed by atoms with Crippen LogP contribution in [0.25, 0.3) is 16.9 Å². The van der Waals surface area contributed by atoms with Crippen LogP contribution >= 0.6 is 24.8 Å². The topological polar surface area (TPSA) is 105 Å². The highest BCUT2D eigenvalue weighted by molar-refractivity contribution is 6.11. The molecule has 0 saturated carbocycles. The van der Waals surface area contributed by atoms with Crippen molar-refractivity contribution in [3.63, 3.8) is 0 Å². The van der Waals surface area contributed by atoms with Gasteiger partial charge in [-0.25, -0.2) is 9.50 Å². The first-order valence-electron chi connectivity index (χ1n) is 7.03. The Labute approximate surface area is 161 Å². The Morgan fingerprint density at radius 1 is 0.885 bits per heavy atom. The van der Waals surface area contributed by atoms with Crippen molar-refractivity contribution in [1.82, 2.24) is 24.6 Å². The number of hydrogen-bond acceptors (Lipinski definition) is 5. The van der Waals surface area contributed by atoms with Crippen LogP contribution in [0.3, 0.4) is 0 Å². The van der Waals surface area contributed by atoms with Gasteiger partial charge in [-0.1, -0.05) is 6.07 Å². The van der Waals surface area contributed by atoms with Crippen molar-refractivity contribution in [2.45, 2.75) is 0 Å². The zero-order chi connectivity index (χ0) is 15.6. The Morgan fingerprint density at radius 3 is 2.35 bits per heavy atom. The second-order valence-corrected chi connectivity index (χ2v) is 4.90. The maximum atomic E-state index is 12.6. The molecule has 26 heavy (non-hydrogen) atoms. The maximum Gasteiger partial charge on any atom is 0.216 e. The van der Waals surface area contributed by atoms with Crippen molar-refractivity contribution in [3.8, 4) is 11.3 Å². The molecule has 0 fully saturated rings. The summed E-state index contributed by atoms with van der Waals surface area (Å²) in [4.78, 5) is 25.0. The lowest BCUT2D eigenvalue weighted by molar-refractivity contribution is 0.103. The third-order valence-electron chi connectivity index (χ3n) is 3.52. The fourth-order valence-electron chi connectivity index (χ4n) is 2.43. The molecule has 0 aliphatic rings. The summed E-state index contributed by atoms with van der Waals surface area (Å²) in [5, 5.41) is 4.33. The molecular weight excluding hydrogens is 377 g/mol. The van der Waals surface area contributed by atoms with Crippen molar-refractivity contribution in [2.24, 2.45) is 0 Å². The van der Waals surface area contributed by atoms with Gasteiger partial charge in [0.2, 0.25) is 5.78 Å². The third kappa shape index (κ3) is 3.70. The maximum absolute atomic E-state index is 12.6. The van der Waals surface area contributed by atoms with Crippen LogP contribution in [0, 0.1) is 0 Å². The summed E-state index contributed by atoms with van der Waals surface area (Å²) in [6.07, 6.45) is 8.22. The minimum Gasteiger partial charge on any atom is -0.412 e. The summed E-state index contributed by atoms with van der Waals surface area (Å²) in [6.45, 7) is 0. The zero-order valence-electron chi connectivity index (χ0n) is 13.3. The lowest BCUT2D eigenvalue weighted by atomic mass is 10.1. The highest BCUT2D eigenvalue weighted by atomic mass is 35.5. The molecular formula is C17H15Cl2N5O2. The molecule has 4 rings (SSSR count). The van der Waals surface area contributed by atoms with Gasteiger partial charge >= 0.3 is 0 Å². The van der Waals surface area contributed by atoms with Crippen LogP contribution in [0.2, 0.25) is 0 Å². The van der Waals surface area contributed by atoms with Gasteiger partial charge in [0, 0.05) is 30.4 Å². The predicted molar refractivity (Wildman–Crippen MR) is 102 cm³/mol. The molecule has 0 unspecified atom stereocenters. The van der Waals surface area contributed by atoms with E-state index in [1.54, 1.807) is 47.5 Å². The Balaban J connectivity index is 0.00000113. The highest BCUT2D eigenvalue weighted by Gasteiger charge is 2.18. The number of aromatic nitrogens is 5. The number of hydrogen-bond donors (Lipinski definition) is 0. The zero-order valence-corrected chi connectivity index (χ0v) is 14.9. The van der Waals surface area contributed by atoms with Crippen LogP contribution < -0.4 is 0 Å². The first kappa shape index (κ1) is 21.2. The molecule has 134 valence electrons. The van der Waals surface area contributed by atoms with Crippen LogP contribution in [0.4, 0.5) is 0 Å². The molecule has 0 aromatic carbocycles. The minimum atomic E-state index is -0.194. The van der Waals surface area contributed by atoms with Gasteiger partial charge < -0.3 is 5.48 Å². The number of carbonyl (C=O) groups is 1. The summed E-state index contributed by atoms with van der Waals surface area (Å²) in [7, 11) is 0. The number of carbonyl (C=O) groups excluding carboxylic acids is 1. The molecule has 4 heterocycles. The van der Waals surface area contributed by atoms with E-state index in [-0.39, 0.29) is 36.1 Å². The van der Waals surface area contributed by atoms with Crippen molar-refractivity contribution < 1.29 is 10.3 Å². The summed E-state index contributed by atoms with van der Waals surface area (Å²) < 4.78 is 1.66. The largest absolute Gasteiger partial charge is 0.412 e. The normalized spacial score (nSPS) is 9.54. The van der Waals surface area contributed by atoms with Gasteiger partial charge in [0.1, 0.15) is 5.69 Å². The molecule has 9 heteroatoms. The minimum absolute atomic E-state index is 0. The average Bonchev–Trinajstić information content (AvgIpc) is 3.06. The van der Waals surface area contributed by atoms with E-state index < -0.39 is 0 Å². The number of nitrogens with zero attached hydrogens (tertiary/aromatic N) is 5. The van der Waals surface area contributed by atoms with Gasteiger partial charge in [0.15, 0.2) is 5.65 Å². The van der Waals surface area contributed by atoms with Gasteiger partial charge in [0.25, 0.3) is 0 Å². The molecule has 7 nitrogen and oxygen atoms in total. The van der Waals surface area contributed by atoms with Gasteiger partial charge in [0.05, 0.1) is 17.5 Å². The fraction of sp³-hybridized carbons (Fsp3) is 0. The van der Waals surface area contributed by atoms with Crippen molar-refractivity contribution in [2.75, 3.05) is 0 Å². The van der Waals surface area contributed by atoms with Crippen LogP contribution in [-0.4, -0.2) is 35.8 Å². The molecule has 4 aromatic rings. The summed E-state index contributed by atoms with van der Waals surface area (Å²) in [6, 6.07) is 10.9. The predicted octanol–water partition coefficient (Wildman–Crippen LogP) is 2.44. The second-order valence-electron chi connectivity index (χ2n) is 4.90. The average molecular weight is 392 g/mol. The Bertz CT molecular complexity index is 994. The molecule has 0 radical (unpaired) electrons. The quantitative estimate of drug-likeness (QED) is 0.498. The molecule has 0 aliphatic heterocycles. The number of ketones is 1. The van der Waals surface area contributed by atoms with E-state index in [1.165, 1.54) is 6.20 Å². The van der Waals surface area contributed by atoms with Crippen LogP contribution in [-0.2, 0) is 0 Å². The monoisotopic (exact) mass is 391 g/mol. The molecule has 4 aromatic heterocycles. The Hall–Kier alpha value is -2.87. The Kier molecular flexibility index (Phi) is 7.33.